The van der Waals surface area contributed by atoms with Crippen molar-refractivity contribution < 1.29 is 14.6 Å². The van der Waals surface area contributed by atoms with Gasteiger partial charge in [-0.2, -0.15) is 0 Å². The Balaban J connectivity index is 1.93. The Bertz CT molecular complexity index is 343. The molecule has 0 saturated carbocycles. The minimum Gasteiger partial charge on any atom is -0.490 e. The van der Waals surface area contributed by atoms with Gasteiger partial charge in [0.25, 0.3) is 0 Å². The molecule has 1 aromatic rings. The molecule has 2 atom stereocenters. The first kappa shape index (κ1) is 12.4. The molecule has 1 aliphatic heterocycles. The summed E-state index contributed by atoms with van der Waals surface area (Å²) in [7, 11) is 0. The fourth-order valence-corrected chi connectivity index (χ4v) is 2.08. The number of rotatable bonds is 4. The maximum Gasteiger partial charge on any atom is 0.125 e. The summed E-state index contributed by atoms with van der Waals surface area (Å²) in [4.78, 5) is 0. The zero-order chi connectivity index (χ0) is 12.1. The van der Waals surface area contributed by atoms with Gasteiger partial charge in [-0.15, -0.1) is 0 Å². The molecule has 0 aromatic heterocycles. The van der Waals surface area contributed by atoms with Gasteiger partial charge < -0.3 is 14.6 Å². The Morgan fingerprint density at radius 3 is 2.94 bits per heavy atom. The van der Waals surface area contributed by atoms with Crippen LogP contribution in [0.2, 0.25) is 0 Å². The molecule has 1 unspecified atom stereocenters. The van der Waals surface area contributed by atoms with Crippen LogP contribution in [0.4, 0.5) is 0 Å². The third-order valence-electron chi connectivity index (χ3n) is 3.07. The van der Waals surface area contributed by atoms with Gasteiger partial charge in [0.05, 0.1) is 12.2 Å². The lowest BCUT2D eigenvalue weighted by Gasteiger charge is -2.23. The quantitative estimate of drug-likeness (QED) is 0.873. The second-order valence-electron chi connectivity index (χ2n) is 4.51. The molecule has 2 rings (SSSR count). The Labute approximate surface area is 102 Å². The fraction of sp³-hybridized carbons (Fsp3) is 0.571. The molecule has 1 aliphatic rings. The lowest BCUT2D eigenvalue weighted by Crippen LogP contribution is -2.26. The zero-order valence-corrected chi connectivity index (χ0v) is 10.3. The number of hydrogen-bond donors (Lipinski definition) is 1. The summed E-state index contributed by atoms with van der Waals surface area (Å²) in [6, 6.07) is 7.61. The molecule has 3 nitrogen and oxygen atoms in total. The van der Waals surface area contributed by atoms with Crippen LogP contribution in [0.25, 0.3) is 0 Å². The highest BCUT2D eigenvalue weighted by Crippen LogP contribution is 2.25. The molecule has 0 aliphatic carbocycles. The van der Waals surface area contributed by atoms with Gasteiger partial charge in [-0.3, -0.25) is 0 Å². The fourth-order valence-electron chi connectivity index (χ4n) is 2.08. The van der Waals surface area contributed by atoms with Crippen molar-refractivity contribution in [3.05, 3.63) is 29.8 Å². The topological polar surface area (TPSA) is 38.7 Å². The van der Waals surface area contributed by atoms with Crippen LogP contribution in [-0.2, 0) is 4.74 Å². The van der Waals surface area contributed by atoms with Gasteiger partial charge in [-0.25, -0.2) is 0 Å². The minimum atomic E-state index is -0.501. The molecule has 94 valence electrons. The normalized spacial score (nSPS) is 22.1. The first-order valence-corrected chi connectivity index (χ1v) is 6.29. The predicted octanol–water partition coefficient (Wildman–Crippen LogP) is 2.69. The summed E-state index contributed by atoms with van der Waals surface area (Å²) >= 11 is 0. The van der Waals surface area contributed by atoms with Gasteiger partial charge in [-0.1, -0.05) is 18.2 Å². The predicted molar refractivity (Wildman–Crippen MR) is 66.2 cm³/mol. The van der Waals surface area contributed by atoms with Crippen molar-refractivity contribution in [2.75, 3.05) is 13.2 Å². The first-order chi connectivity index (χ1) is 8.27. The average Bonchev–Trinajstić information content (AvgIpc) is 2.38. The van der Waals surface area contributed by atoms with E-state index in [-0.39, 0.29) is 6.10 Å². The van der Waals surface area contributed by atoms with Gasteiger partial charge in [0.1, 0.15) is 12.4 Å². The molecule has 1 N–H and O–H groups in total. The molecule has 17 heavy (non-hydrogen) atoms. The van der Waals surface area contributed by atoms with Crippen molar-refractivity contribution in [1.29, 1.82) is 0 Å². The van der Waals surface area contributed by atoms with Crippen molar-refractivity contribution in [3.8, 4) is 5.75 Å². The van der Waals surface area contributed by atoms with Gasteiger partial charge >= 0.3 is 0 Å². The van der Waals surface area contributed by atoms with Crippen LogP contribution in [0.15, 0.2) is 24.3 Å². The van der Waals surface area contributed by atoms with Crippen LogP contribution in [0.1, 0.15) is 37.9 Å². The molecule has 0 amide bonds. The van der Waals surface area contributed by atoms with E-state index in [0.29, 0.717) is 6.61 Å². The SMILES string of the molecule is C[C@@H](O)c1ccccc1OCC1CCCCO1. The molecule has 1 aromatic carbocycles. The van der Waals surface area contributed by atoms with Crippen molar-refractivity contribution in [3.63, 3.8) is 0 Å². The van der Waals surface area contributed by atoms with Crippen LogP contribution in [0.5, 0.6) is 5.75 Å². The van der Waals surface area contributed by atoms with E-state index in [1.165, 1.54) is 6.42 Å². The molecule has 0 spiro atoms. The Kier molecular flexibility index (Phi) is 4.40. The lowest BCUT2D eigenvalue weighted by atomic mass is 10.1. The molecule has 3 heteroatoms. The van der Waals surface area contributed by atoms with Crippen molar-refractivity contribution in [2.45, 2.75) is 38.4 Å². The summed E-state index contributed by atoms with van der Waals surface area (Å²) in [5.74, 6) is 0.761. The Morgan fingerprint density at radius 1 is 1.41 bits per heavy atom. The number of benzene rings is 1. The van der Waals surface area contributed by atoms with E-state index in [1.54, 1.807) is 6.92 Å². The maximum absolute atomic E-state index is 9.63. The smallest absolute Gasteiger partial charge is 0.125 e. The molecular weight excluding hydrogens is 216 g/mol. The van der Waals surface area contributed by atoms with Crippen LogP contribution in [0, 0.1) is 0 Å². The minimum absolute atomic E-state index is 0.200. The van der Waals surface area contributed by atoms with Gasteiger partial charge in [-0.05, 0) is 32.3 Å². The Morgan fingerprint density at radius 2 is 2.24 bits per heavy atom. The maximum atomic E-state index is 9.63. The molecule has 0 radical (unpaired) electrons. The number of aliphatic hydroxyl groups is 1. The van der Waals surface area contributed by atoms with Crippen molar-refractivity contribution in [2.24, 2.45) is 0 Å². The van der Waals surface area contributed by atoms with Crippen LogP contribution in [-0.4, -0.2) is 24.4 Å². The number of ether oxygens (including phenoxy) is 2. The number of aliphatic hydroxyl groups excluding tert-OH is 1. The summed E-state index contributed by atoms with van der Waals surface area (Å²) in [6.45, 7) is 3.16. The van der Waals surface area contributed by atoms with Crippen molar-refractivity contribution in [1.82, 2.24) is 0 Å². The standard InChI is InChI=1S/C14H20O3/c1-11(15)13-7-2-3-8-14(13)17-10-12-6-4-5-9-16-12/h2-3,7-8,11-12,15H,4-6,9-10H2,1H3/t11-,12?/m1/s1. The molecule has 1 saturated heterocycles. The summed E-state index contributed by atoms with van der Waals surface area (Å²) in [5.41, 5.74) is 0.836. The second-order valence-corrected chi connectivity index (χ2v) is 4.51. The van der Waals surface area contributed by atoms with Gasteiger partial charge in [0, 0.05) is 12.2 Å². The second kappa shape index (κ2) is 6.03. The molecule has 1 heterocycles. The lowest BCUT2D eigenvalue weighted by molar-refractivity contribution is -0.0116. The first-order valence-electron chi connectivity index (χ1n) is 6.29. The van der Waals surface area contributed by atoms with E-state index < -0.39 is 6.10 Å². The van der Waals surface area contributed by atoms with Crippen LogP contribution >= 0.6 is 0 Å². The van der Waals surface area contributed by atoms with E-state index in [0.717, 1.165) is 30.8 Å². The van der Waals surface area contributed by atoms with Gasteiger partial charge in [0.15, 0.2) is 0 Å². The van der Waals surface area contributed by atoms with E-state index in [1.807, 2.05) is 24.3 Å². The zero-order valence-electron chi connectivity index (χ0n) is 10.3. The molecule has 1 fully saturated rings. The summed E-state index contributed by atoms with van der Waals surface area (Å²) in [6.07, 6.45) is 3.13. The number of para-hydroxylation sites is 1. The Hall–Kier alpha value is -1.06. The van der Waals surface area contributed by atoms with Gasteiger partial charge in [0.2, 0.25) is 0 Å². The third-order valence-corrected chi connectivity index (χ3v) is 3.07. The van der Waals surface area contributed by atoms with Crippen LogP contribution < -0.4 is 4.74 Å². The van der Waals surface area contributed by atoms with Crippen molar-refractivity contribution >= 4 is 0 Å². The van der Waals surface area contributed by atoms with E-state index in [9.17, 15) is 5.11 Å². The highest BCUT2D eigenvalue weighted by molar-refractivity contribution is 5.34. The largest absolute Gasteiger partial charge is 0.490 e. The van der Waals surface area contributed by atoms with Crippen LogP contribution in [0.3, 0.4) is 0 Å². The average molecular weight is 236 g/mol. The molecular formula is C14H20O3. The molecule has 0 bridgehead atoms. The highest BCUT2D eigenvalue weighted by atomic mass is 16.5. The van der Waals surface area contributed by atoms with E-state index in [2.05, 4.69) is 0 Å². The monoisotopic (exact) mass is 236 g/mol. The number of hydrogen-bond acceptors (Lipinski definition) is 3. The summed E-state index contributed by atoms with van der Waals surface area (Å²) in [5, 5.41) is 9.63. The van der Waals surface area contributed by atoms with E-state index >= 15 is 0 Å². The summed E-state index contributed by atoms with van der Waals surface area (Å²) < 4.78 is 11.4. The van der Waals surface area contributed by atoms with E-state index in [4.69, 9.17) is 9.47 Å². The third kappa shape index (κ3) is 3.45. The highest BCUT2D eigenvalue weighted by Gasteiger charge is 2.15.